The Bertz CT molecular complexity index is 457. The van der Waals surface area contributed by atoms with E-state index in [1.807, 2.05) is 19.1 Å². The van der Waals surface area contributed by atoms with E-state index >= 15 is 0 Å². The van der Waals surface area contributed by atoms with E-state index in [0.717, 1.165) is 11.5 Å². The minimum Gasteiger partial charge on any atom is -0.383 e. The van der Waals surface area contributed by atoms with Crippen LogP contribution in [0.5, 0.6) is 0 Å². The van der Waals surface area contributed by atoms with Gasteiger partial charge in [0.15, 0.2) is 5.96 Å². The number of rotatable bonds is 6. The van der Waals surface area contributed by atoms with Gasteiger partial charge in [0, 0.05) is 32.2 Å². The number of ether oxygens (including phenoxy) is 1. The first kappa shape index (κ1) is 17.4. The van der Waals surface area contributed by atoms with Gasteiger partial charge in [-0.1, -0.05) is 26.0 Å². The molecule has 0 aliphatic heterocycles. The van der Waals surface area contributed by atoms with E-state index in [0.29, 0.717) is 13.2 Å². The summed E-state index contributed by atoms with van der Waals surface area (Å²) >= 11 is 0. The average molecular weight is 295 g/mol. The van der Waals surface area contributed by atoms with Gasteiger partial charge < -0.3 is 15.4 Å². The Morgan fingerprint density at radius 3 is 2.48 bits per heavy atom. The zero-order valence-electron chi connectivity index (χ0n) is 13.5. The Kier molecular flexibility index (Phi) is 6.62. The normalized spacial score (nSPS) is 13.9. The van der Waals surface area contributed by atoms with Gasteiger partial charge in [-0.15, -0.1) is 0 Å². The van der Waals surface area contributed by atoms with Crippen LogP contribution in [-0.2, 0) is 10.2 Å². The van der Waals surface area contributed by atoms with Crippen LogP contribution in [0.2, 0.25) is 0 Å². The van der Waals surface area contributed by atoms with E-state index in [4.69, 9.17) is 4.74 Å². The maximum Gasteiger partial charge on any atom is 0.191 e. The molecule has 1 unspecified atom stereocenters. The summed E-state index contributed by atoms with van der Waals surface area (Å²) < 4.78 is 18.1. The Balaban J connectivity index is 2.60. The van der Waals surface area contributed by atoms with Crippen molar-refractivity contribution in [3.63, 3.8) is 0 Å². The number of benzene rings is 1. The number of nitrogens with one attached hydrogen (secondary N) is 2. The van der Waals surface area contributed by atoms with Crippen LogP contribution in [0.1, 0.15) is 26.3 Å². The van der Waals surface area contributed by atoms with Crippen molar-refractivity contribution in [2.75, 3.05) is 27.3 Å². The van der Waals surface area contributed by atoms with Crippen LogP contribution in [0.15, 0.2) is 29.3 Å². The molecule has 1 rings (SSSR count). The molecule has 118 valence electrons. The smallest absolute Gasteiger partial charge is 0.191 e. The van der Waals surface area contributed by atoms with E-state index in [9.17, 15) is 4.39 Å². The molecule has 1 aromatic carbocycles. The van der Waals surface area contributed by atoms with E-state index in [1.165, 1.54) is 12.1 Å². The second-order valence-electron chi connectivity index (χ2n) is 5.82. The van der Waals surface area contributed by atoms with Crippen molar-refractivity contribution in [2.45, 2.75) is 32.2 Å². The Morgan fingerprint density at radius 2 is 1.95 bits per heavy atom. The van der Waals surface area contributed by atoms with Gasteiger partial charge in [0.25, 0.3) is 0 Å². The average Bonchev–Trinajstić information content (AvgIpc) is 2.44. The highest BCUT2D eigenvalue weighted by Crippen LogP contribution is 2.22. The highest BCUT2D eigenvalue weighted by molar-refractivity contribution is 5.80. The predicted molar refractivity (Wildman–Crippen MR) is 85.3 cm³/mol. The first-order chi connectivity index (χ1) is 9.89. The Labute approximate surface area is 126 Å². The number of aliphatic imine (C=N–C) groups is 1. The monoisotopic (exact) mass is 295 g/mol. The number of hydrogen-bond donors (Lipinski definition) is 2. The summed E-state index contributed by atoms with van der Waals surface area (Å²) in [4.78, 5) is 4.20. The zero-order chi connectivity index (χ0) is 15.9. The molecule has 0 aliphatic rings. The van der Waals surface area contributed by atoms with Crippen molar-refractivity contribution in [1.82, 2.24) is 10.6 Å². The van der Waals surface area contributed by atoms with Gasteiger partial charge in [0.2, 0.25) is 0 Å². The van der Waals surface area contributed by atoms with Crippen LogP contribution in [-0.4, -0.2) is 39.3 Å². The van der Waals surface area contributed by atoms with Crippen LogP contribution in [0.25, 0.3) is 0 Å². The molecule has 0 bridgehead atoms. The largest absolute Gasteiger partial charge is 0.383 e. The van der Waals surface area contributed by atoms with Crippen LogP contribution < -0.4 is 10.6 Å². The third kappa shape index (κ3) is 5.71. The van der Waals surface area contributed by atoms with Crippen molar-refractivity contribution < 1.29 is 9.13 Å². The van der Waals surface area contributed by atoms with E-state index in [1.54, 1.807) is 14.2 Å². The standard InChI is InChI=1S/C16H26FN3O/c1-12(10-21-5)20-15(18-4)19-11-16(2,3)13-6-8-14(17)9-7-13/h6-9,12H,10-11H2,1-5H3,(H2,18,19,20). The fraction of sp³-hybridized carbons (Fsp3) is 0.562. The summed E-state index contributed by atoms with van der Waals surface area (Å²) in [6.07, 6.45) is 0. The van der Waals surface area contributed by atoms with Crippen molar-refractivity contribution >= 4 is 5.96 Å². The second kappa shape index (κ2) is 7.98. The van der Waals surface area contributed by atoms with Gasteiger partial charge in [0.05, 0.1) is 6.61 Å². The molecule has 4 nitrogen and oxygen atoms in total. The summed E-state index contributed by atoms with van der Waals surface area (Å²) in [5, 5.41) is 6.56. The van der Waals surface area contributed by atoms with Gasteiger partial charge in [-0.2, -0.15) is 0 Å². The quantitative estimate of drug-likeness (QED) is 0.625. The highest BCUT2D eigenvalue weighted by Gasteiger charge is 2.21. The maximum absolute atomic E-state index is 13.0. The number of methoxy groups -OCH3 is 1. The third-order valence-electron chi connectivity index (χ3n) is 3.35. The SMILES string of the molecule is CN=C(NCC(C)(C)c1ccc(F)cc1)NC(C)COC. The summed E-state index contributed by atoms with van der Waals surface area (Å²) in [6, 6.07) is 6.80. The van der Waals surface area contributed by atoms with Crippen molar-refractivity contribution in [3.05, 3.63) is 35.6 Å². The lowest BCUT2D eigenvalue weighted by atomic mass is 9.84. The van der Waals surface area contributed by atoms with Gasteiger partial charge >= 0.3 is 0 Å². The molecule has 0 heterocycles. The number of hydrogen-bond acceptors (Lipinski definition) is 2. The van der Waals surface area contributed by atoms with Gasteiger partial charge in [0.1, 0.15) is 5.82 Å². The molecule has 0 radical (unpaired) electrons. The molecule has 0 fully saturated rings. The fourth-order valence-electron chi connectivity index (χ4n) is 2.03. The van der Waals surface area contributed by atoms with Crippen molar-refractivity contribution in [2.24, 2.45) is 4.99 Å². The minimum absolute atomic E-state index is 0.129. The van der Waals surface area contributed by atoms with Crippen LogP contribution in [0.4, 0.5) is 4.39 Å². The number of halogens is 1. The molecule has 1 atom stereocenters. The van der Waals surface area contributed by atoms with Crippen molar-refractivity contribution in [3.8, 4) is 0 Å². The molecular weight excluding hydrogens is 269 g/mol. The summed E-state index contributed by atoms with van der Waals surface area (Å²) in [7, 11) is 3.41. The topological polar surface area (TPSA) is 45.7 Å². The zero-order valence-corrected chi connectivity index (χ0v) is 13.5. The molecule has 21 heavy (non-hydrogen) atoms. The molecule has 0 aromatic heterocycles. The lowest BCUT2D eigenvalue weighted by Gasteiger charge is -2.27. The van der Waals surface area contributed by atoms with Gasteiger partial charge in [-0.3, -0.25) is 4.99 Å². The molecule has 1 aromatic rings. The first-order valence-corrected chi connectivity index (χ1v) is 7.11. The molecule has 0 spiro atoms. The van der Waals surface area contributed by atoms with Crippen molar-refractivity contribution in [1.29, 1.82) is 0 Å². The fourth-order valence-corrected chi connectivity index (χ4v) is 2.03. The summed E-state index contributed by atoms with van der Waals surface area (Å²) in [5.41, 5.74) is 0.951. The van der Waals surface area contributed by atoms with E-state index < -0.39 is 0 Å². The molecule has 0 aliphatic carbocycles. The molecule has 5 heteroatoms. The minimum atomic E-state index is -0.214. The lowest BCUT2D eigenvalue weighted by molar-refractivity contribution is 0.179. The highest BCUT2D eigenvalue weighted by atomic mass is 19.1. The lowest BCUT2D eigenvalue weighted by Crippen LogP contribution is -2.47. The summed E-state index contributed by atoms with van der Waals surface area (Å²) in [5.74, 6) is 0.517. The van der Waals surface area contributed by atoms with E-state index in [-0.39, 0.29) is 17.3 Å². The van der Waals surface area contributed by atoms with Crippen LogP contribution in [0, 0.1) is 5.82 Å². The maximum atomic E-state index is 13.0. The molecule has 0 amide bonds. The number of nitrogens with zero attached hydrogens (tertiary/aromatic N) is 1. The first-order valence-electron chi connectivity index (χ1n) is 7.11. The van der Waals surface area contributed by atoms with Gasteiger partial charge in [-0.05, 0) is 24.6 Å². The Morgan fingerprint density at radius 1 is 1.33 bits per heavy atom. The molecule has 2 N–H and O–H groups in total. The summed E-state index contributed by atoms with van der Waals surface area (Å²) in [6.45, 7) is 7.56. The van der Waals surface area contributed by atoms with Gasteiger partial charge in [-0.25, -0.2) is 4.39 Å². The number of guanidine groups is 1. The van der Waals surface area contributed by atoms with Crippen LogP contribution in [0.3, 0.4) is 0 Å². The van der Waals surface area contributed by atoms with E-state index in [2.05, 4.69) is 29.5 Å². The molecule has 0 saturated heterocycles. The second-order valence-corrected chi connectivity index (χ2v) is 5.82. The molecule has 0 saturated carbocycles. The predicted octanol–water partition coefficient (Wildman–Crippen LogP) is 2.30. The van der Waals surface area contributed by atoms with Crippen LogP contribution >= 0.6 is 0 Å². The third-order valence-corrected chi connectivity index (χ3v) is 3.35. The Hall–Kier alpha value is -1.62. The molecular formula is C16H26FN3O.